The Kier molecular flexibility index (Phi) is 8.57. The summed E-state index contributed by atoms with van der Waals surface area (Å²) in [5.74, 6) is -4.28. The van der Waals surface area contributed by atoms with Crippen molar-refractivity contribution in [2.75, 3.05) is 13.2 Å². The number of ether oxygens (including phenoxy) is 1. The third kappa shape index (κ3) is 6.81. The monoisotopic (exact) mass is 411 g/mol. The number of carbonyl (C=O) groups is 2. The van der Waals surface area contributed by atoms with Gasteiger partial charge in [0.1, 0.15) is 6.10 Å². The Bertz CT molecular complexity index is 696. The summed E-state index contributed by atoms with van der Waals surface area (Å²) in [4.78, 5) is 24.0. The zero-order valence-corrected chi connectivity index (χ0v) is 16.2. The smallest absolute Gasteiger partial charge is 0.410 e. The molecule has 0 spiro atoms. The maximum Gasteiger partial charge on any atom is 0.410 e. The standard InChI is InChI=1S/C21H27F2NO5/c22-21(23,16-8-4-3-5-9-16)18(25)12-11-17-13-15-29-20(28)24(17)14-7-2-1-6-10-19(26)27/h3-5,8-9,11-12,17-18,25H,1-2,6-7,10,13-15H2,(H,26,27)/t17-,18+/m0/s1. The van der Waals surface area contributed by atoms with E-state index in [0.717, 1.165) is 18.9 Å². The molecule has 0 radical (unpaired) electrons. The van der Waals surface area contributed by atoms with E-state index in [1.54, 1.807) is 6.07 Å². The molecule has 2 atom stereocenters. The number of carboxylic acid groups (broad SMARTS) is 1. The van der Waals surface area contributed by atoms with Gasteiger partial charge in [-0.25, -0.2) is 4.79 Å². The maximum absolute atomic E-state index is 14.4. The number of cyclic esters (lactones) is 1. The van der Waals surface area contributed by atoms with E-state index in [2.05, 4.69) is 0 Å². The van der Waals surface area contributed by atoms with Crippen LogP contribution in [-0.2, 0) is 15.5 Å². The number of carboxylic acids is 1. The summed E-state index contributed by atoms with van der Waals surface area (Å²) in [6.07, 6.45) is 3.23. The second-order valence-electron chi connectivity index (χ2n) is 7.04. The quantitative estimate of drug-likeness (QED) is 0.425. The van der Waals surface area contributed by atoms with Crippen LogP contribution in [0.1, 0.15) is 44.1 Å². The van der Waals surface area contributed by atoms with Gasteiger partial charge in [-0.15, -0.1) is 0 Å². The average molecular weight is 411 g/mol. The van der Waals surface area contributed by atoms with Gasteiger partial charge in [0, 0.05) is 24.9 Å². The van der Waals surface area contributed by atoms with Crippen molar-refractivity contribution in [2.45, 2.75) is 56.6 Å². The molecule has 1 aliphatic rings. The molecule has 2 N–H and O–H groups in total. The van der Waals surface area contributed by atoms with E-state index in [1.807, 2.05) is 0 Å². The van der Waals surface area contributed by atoms with Crippen molar-refractivity contribution in [3.8, 4) is 0 Å². The molecule has 0 saturated carbocycles. The fourth-order valence-corrected chi connectivity index (χ4v) is 3.20. The summed E-state index contributed by atoms with van der Waals surface area (Å²) < 4.78 is 33.9. The minimum atomic E-state index is -3.44. The Hall–Kier alpha value is -2.48. The van der Waals surface area contributed by atoms with Crippen LogP contribution < -0.4 is 0 Å². The predicted molar refractivity (Wildman–Crippen MR) is 103 cm³/mol. The summed E-state index contributed by atoms with van der Waals surface area (Å²) in [5, 5.41) is 18.6. The summed E-state index contributed by atoms with van der Waals surface area (Å²) in [6, 6.07) is 6.66. The number of benzene rings is 1. The molecule has 8 heteroatoms. The van der Waals surface area contributed by atoms with Gasteiger partial charge in [0.2, 0.25) is 0 Å². The first-order chi connectivity index (χ1) is 13.8. The molecule has 2 rings (SSSR count). The van der Waals surface area contributed by atoms with Crippen LogP contribution in [0.2, 0.25) is 0 Å². The number of hydrogen-bond donors (Lipinski definition) is 2. The van der Waals surface area contributed by atoms with Crippen LogP contribution in [0.3, 0.4) is 0 Å². The second-order valence-corrected chi connectivity index (χ2v) is 7.04. The highest BCUT2D eigenvalue weighted by atomic mass is 19.3. The van der Waals surface area contributed by atoms with Crippen LogP contribution in [0.15, 0.2) is 42.5 Å². The number of carbonyl (C=O) groups excluding carboxylic acids is 1. The molecule has 1 heterocycles. The Morgan fingerprint density at radius 3 is 2.62 bits per heavy atom. The van der Waals surface area contributed by atoms with Crippen LogP contribution in [-0.4, -0.2) is 52.5 Å². The van der Waals surface area contributed by atoms with E-state index in [4.69, 9.17) is 9.84 Å². The van der Waals surface area contributed by atoms with E-state index < -0.39 is 30.1 Å². The molecule has 1 saturated heterocycles. The lowest BCUT2D eigenvalue weighted by Crippen LogP contribution is -2.45. The minimum Gasteiger partial charge on any atom is -0.481 e. The van der Waals surface area contributed by atoms with Crippen molar-refractivity contribution in [1.82, 2.24) is 4.90 Å². The summed E-state index contributed by atoms with van der Waals surface area (Å²) in [5.41, 5.74) is -0.279. The minimum absolute atomic E-state index is 0.116. The zero-order valence-electron chi connectivity index (χ0n) is 16.2. The van der Waals surface area contributed by atoms with Crippen LogP contribution in [0.4, 0.5) is 13.6 Å². The largest absolute Gasteiger partial charge is 0.481 e. The molecule has 0 unspecified atom stereocenters. The van der Waals surface area contributed by atoms with Crippen molar-refractivity contribution in [2.24, 2.45) is 0 Å². The molecular weight excluding hydrogens is 384 g/mol. The number of rotatable bonds is 11. The Morgan fingerprint density at radius 1 is 1.24 bits per heavy atom. The number of aliphatic hydroxyl groups excluding tert-OH is 1. The highest BCUT2D eigenvalue weighted by molar-refractivity contribution is 5.69. The molecule has 29 heavy (non-hydrogen) atoms. The van der Waals surface area contributed by atoms with Gasteiger partial charge in [0.15, 0.2) is 0 Å². The maximum atomic E-state index is 14.4. The molecule has 1 aliphatic heterocycles. The third-order valence-electron chi connectivity index (χ3n) is 4.86. The topological polar surface area (TPSA) is 87.1 Å². The first-order valence-electron chi connectivity index (χ1n) is 9.77. The number of aliphatic carboxylic acids is 1. The molecule has 1 aromatic rings. The Morgan fingerprint density at radius 2 is 1.93 bits per heavy atom. The van der Waals surface area contributed by atoms with Gasteiger partial charge in [0.05, 0.1) is 12.6 Å². The van der Waals surface area contributed by atoms with E-state index in [0.29, 0.717) is 25.8 Å². The highest BCUT2D eigenvalue weighted by Crippen LogP contribution is 2.32. The van der Waals surface area contributed by atoms with Crippen molar-refractivity contribution in [1.29, 1.82) is 0 Å². The molecular formula is C21H27F2NO5. The van der Waals surface area contributed by atoms with Gasteiger partial charge < -0.3 is 19.8 Å². The SMILES string of the molecule is O=C(O)CCCCCCN1C(=O)OCC[C@@H]1C=C[C@@H](O)C(F)(F)c1ccccc1. The molecule has 6 nitrogen and oxygen atoms in total. The predicted octanol–water partition coefficient (Wildman–Crippen LogP) is 3.94. The first kappa shape index (κ1) is 22.8. The summed E-state index contributed by atoms with van der Waals surface area (Å²) in [7, 11) is 0. The number of alkyl halides is 2. The lowest BCUT2D eigenvalue weighted by atomic mass is 10.0. The molecule has 160 valence electrons. The van der Waals surface area contributed by atoms with Gasteiger partial charge in [-0.1, -0.05) is 55.3 Å². The zero-order chi connectivity index (χ0) is 21.3. The first-order valence-corrected chi connectivity index (χ1v) is 9.77. The van der Waals surface area contributed by atoms with Crippen molar-refractivity contribution >= 4 is 12.1 Å². The number of aliphatic hydroxyl groups is 1. The van der Waals surface area contributed by atoms with Crippen LogP contribution >= 0.6 is 0 Å². The number of nitrogens with zero attached hydrogens (tertiary/aromatic N) is 1. The van der Waals surface area contributed by atoms with E-state index in [-0.39, 0.29) is 18.6 Å². The van der Waals surface area contributed by atoms with Crippen molar-refractivity contribution in [3.05, 3.63) is 48.0 Å². The van der Waals surface area contributed by atoms with E-state index in [1.165, 1.54) is 35.2 Å². The molecule has 0 aromatic heterocycles. The van der Waals surface area contributed by atoms with Gasteiger partial charge in [0.25, 0.3) is 0 Å². The van der Waals surface area contributed by atoms with Gasteiger partial charge in [-0.2, -0.15) is 8.78 Å². The normalized spacial score (nSPS) is 18.7. The van der Waals surface area contributed by atoms with Crippen LogP contribution in [0.25, 0.3) is 0 Å². The Balaban J connectivity index is 1.92. The lowest BCUT2D eigenvalue weighted by Gasteiger charge is -2.33. The molecule has 0 bridgehead atoms. The average Bonchev–Trinajstić information content (AvgIpc) is 2.70. The van der Waals surface area contributed by atoms with Crippen molar-refractivity contribution < 1.29 is 33.3 Å². The number of halogens is 2. The van der Waals surface area contributed by atoms with Gasteiger partial charge >= 0.3 is 18.0 Å². The van der Waals surface area contributed by atoms with Crippen molar-refractivity contribution in [3.63, 3.8) is 0 Å². The molecule has 1 amide bonds. The van der Waals surface area contributed by atoms with Gasteiger partial charge in [-0.05, 0) is 12.8 Å². The Labute approximate surface area is 168 Å². The fraction of sp³-hybridized carbons (Fsp3) is 0.524. The number of amides is 1. The number of unbranched alkanes of at least 4 members (excludes halogenated alkanes) is 3. The van der Waals surface area contributed by atoms with Crippen LogP contribution in [0.5, 0.6) is 0 Å². The van der Waals surface area contributed by atoms with Gasteiger partial charge in [-0.3, -0.25) is 4.79 Å². The molecule has 0 aliphatic carbocycles. The molecule has 1 aromatic carbocycles. The third-order valence-corrected chi connectivity index (χ3v) is 4.86. The van der Waals surface area contributed by atoms with E-state index >= 15 is 0 Å². The lowest BCUT2D eigenvalue weighted by molar-refractivity contribution is -0.137. The fourth-order valence-electron chi connectivity index (χ4n) is 3.20. The summed E-state index contributed by atoms with van der Waals surface area (Å²) >= 11 is 0. The second kappa shape index (κ2) is 10.9. The number of hydrogen-bond acceptors (Lipinski definition) is 4. The molecule has 1 fully saturated rings. The summed E-state index contributed by atoms with van der Waals surface area (Å²) in [6.45, 7) is 0.570. The van der Waals surface area contributed by atoms with E-state index in [9.17, 15) is 23.5 Å². The van der Waals surface area contributed by atoms with Crippen LogP contribution in [0, 0.1) is 0 Å². The highest BCUT2D eigenvalue weighted by Gasteiger charge is 2.39.